The van der Waals surface area contributed by atoms with Gasteiger partial charge in [-0.15, -0.1) is 0 Å². The number of nitrogens with zero attached hydrogens (tertiary/aromatic N) is 2. The number of fused-ring (bicyclic) bond motifs is 1. The molecule has 2 amide bonds. The van der Waals surface area contributed by atoms with Crippen molar-refractivity contribution in [1.82, 2.24) is 4.98 Å². The van der Waals surface area contributed by atoms with Crippen LogP contribution in [-0.2, 0) is 15.0 Å². The molecule has 0 spiro atoms. The van der Waals surface area contributed by atoms with Crippen LogP contribution < -0.4 is 10.2 Å². The number of aromatic nitrogens is 1. The van der Waals surface area contributed by atoms with Crippen LogP contribution in [0.4, 0.5) is 11.4 Å². The fourth-order valence-electron chi connectivity index (χ4n) is 3.06. The summed E-state index contributed by atoms with van der Waals surface area (Å²) in [6.45, 7) is 7.81. The van der Waals surface area contributed by atoms with Gasteiger partial charge in [0.2, 0.25) is 11.8 Å². The molecule has 144 valence electrons. The summed E-state index contributed by atoms with van der Waals surface area (Å²) >= 11 is 0. The maximum Gasteiger partial charge on any atom is 0.244 e. The molecule has 0 bridgehead atoms. The Hall–Kier alpha value is -3.21. The Balaban J connectivity index is 1.79. The minimum absolute atomic E-state index is 0.0261. The Bertz CT molecular complexity index is 999. The van der Waals surface area contributed by atoms with Crippen molar-refractivity contribution in [3.63, 3.8) is 0 Å². The first-order valence-electron chi connectivity index (χ1n) is 9.28. The molecule has 0 fully saturated rings. The second-order valence-electron chi connectivity index (χ2n) is 7.83. The molecule has 0 radical (unpaired) electrons. The average molecular weight is 375 g/mol. The highest BCUT2D eigenvalue weighted by molar-refractivity contribution is 6.05. The largest absolute Gasteiger partial charge is 0.323 e. The molecule has 1 heterocycles. The Morgan fingerprint density at radius 1 is 1.00 bits per heavy atom. The highest BCUT2D eigenvalue weighted by Gasteiger charge is 2.18. The molecule has 0 atom stereocenters. The molecule has 0 unspecified atom stereocenters. The minimum Gasteiger partial charge on any atom is -0.323 e. The second-order valence-corrected chi connectivity index (χ2v) is 7.83. The average Bonchev–Trinajstić information content (AvgIpc) is 2.66. The van der Waals surface area contributed by atoms with Crippen LogP contribution in [0.3, 0.4) is 0 Å². The Morgan fingerprint density at radius 3 is 2.32 bits per heavy atom. The normalized spacial score (nSPS) is 11.3. The van der Waals surface area contributed by atoms with Gasteiger partial charge in [0.05, 0.1) is 11.2 Å². The van der Waals surface area contributed by atoms with Crippen molar-refractivity contribution in [2.45, 2.75) is 33.1 Å². The van der Waals surface area contributed by atoms with Crippen LogP contribution in [0, 0.1) is 0 Å². The van der Waals surface area contributed by atoms with Crippen LogP contribution in [0.15, 0.2) is 60.8 Å². The highest BCUT2D eigenvalue weighted by Crippen LogP contribution is 2.25. The van der Waals surface area contributed by atoms with Gasteiger partial charge in [0.1, 0.15) is 6.54 Å². The van der Waals surface area contributed by atoms with Gasteiger partial charge in [0, 0.05) is 24.2 Å². The first kappa shape index (κ1) is 19.5. The zero-order valence-corrected chi connectivity index (χ0v) is 16.7. The predicted octanol–water partition coefficient (Wildman–Crippen LogP) is 4.52. The zero-order valence-electron chi connectivity index (χ0n) is 16.7. The van der Waals surface area contributed by atoms with Gasteiger partial charge in [-0.3, -0.25) is 14.6 Å². The van der Waals surface area contributed by atoms with Crippen LogP contribution in [0.2, 0.25) is 0 Å². The van der Waals surface area contributed by atoms with E-state index in [0.717, 1.165) is 10.9 Å². The van der Waals surface area contributed by atoms with E-state index in [2.05, 4.69) is 31.1 Å². The maximum atomic E-state index is 12.6. The van der Waals surface area contributed by atoms with Gasteiger partial charge in [-0.05, 0) is 35.2 Å². The summed E-state index contributed by atoms with van der Waals surface area (Å²) in [5.74, 6) is -0.456. The number of nitrogens with one attached hydrogen (secondary N) is 1. The van der Waals surface area contributed by atoms with E-state index in [-0.39, 0.29) is 23.8 Å². The number of amides is 2. The number of benzene rings is 2. The van der Waals surface area contributed by atoms with Crippen LogP contribution in [0.1, 0.15) is 33.3 Å². The molecule has 3 aromatic rings. The fraction of sp³-hybridized carbons (Fsp3) is 0.261. The van der Waals surface area contributed by atoms with Crippen molar-refractivity contribution in [2.75, 3.05) is 16.8 Å². The quantitative estimate of drug-likeness (QED) is 0.729. The molecule has 0 aliphatic carbocycles. The van der Waals surface area contributed by atoms with Gasteiger partial charge in [-0.25, -0.2) is 0 Å². The Morgan fingerprint density at radius 2 is 1.68 bits per heavy atom. The van der Waals surface area contributed by atoms with E-state index in [9.17, 15) is 9.59 Å². The van der Waals surface area contributed by atoms with E-state index in [1.165, 1.54) is 17.4 Å². The summed E-state index contributed by atoms with van der Waals surface area (Å²) in [6, 6.07) is 17.2. The SMILES string of the molecule is CC(=O)N(CC(=O)Nc1cccc2cccnc12)c1ccc(C(C)(C)C)cc1. The number of anilines is 2. The maximum absolute atomic E-state index is 12.6. The molecule has 1 N–H and O–H groups in total. The number of hydrogen-bond acceptors (Lipinski definition) is 3. The summed E-state index contributed by atoms with van der Waals surface area (Å²) in [5.41, 5.74) is 3.26. The van der Waals surface area contributed by atoms with Gasteiger partial charge in [0.15, 0.2) is 0 Å². The second kappa shape index (κ2) is 7.80. The lowest BCUT2D eigenvalue weighted by atomic mass is 9.87. The lowest BCUT2D eigenvalue weighted by Crippen LogP contribution is -2.36. The Labute approximate surface area is 165 Å². The molecule has 5 heteroatoms. The summed E-state index contributed by atoms with van der Waals surface area (Å²) < 4.78 is 0. The molecule has 5 nitrogen and oxygen atoms in total. The summed E-state index contributed by atoms with van der Waals surface area (Å²) in [4.78, 5) is 30.6. The summed E-state index contributed by atoms with van der Waals surface area (Å²) in [7, 11) is 0. The molecule has 1 aromatic heterocycles. The van der Waals surface area contributed by atoms with E-state index < -0.39 is 0 Å². The molecular formula is C23H25N3O2. The molecule has 3 rings (SSSR count). The molecule has 0 saturated carbocycles. The third-order valence-electron chi connectivity index (χ3n) is 4.63. The van der Waals surface area contributed by atoms with Crippen molar-refractivity contribution < 1.29 is 9.59 Å². The van der Waals surface area contributed by atoms with Crippen molar-refractivity contribution in [1.29, 1.82) is 0 Å². The third kappa shape index (κ3) is 4.36. The van der Waals surface area contributed by atoms with Crippen LogP contribution in [0.5, 0.6) is 0 Å². The predicted molar refractivity (Wildman–Crippen MR) is 114 cm³/mol. The minimum atomic E-state index is -0.270. The van der Waals surface area contributed by atoms with E-state index in [4.69, 9.17) is 0 Å². The van der Waals surface area contributed by atoms with E-state index in [1.807, 2.05) is 54.6 Å². The van der Waals surface area contributed by atoms with Gasteiger partial charge in [0.25, 0.3) is 0 Å². The van der Waals surface area contributed by atoms with Crippen molar-refractivity contribution in [3.8, 4) is 0 Å². The van der Waals surface area contributed by atoms with Gasteiger partial charge in [-0.1, -0.05) is 51.1 Å². The zero-order chi connectivity index (χ0) is 20.3. The van der Waals surface area contributed by atoms with E-state index in [0.29, 0.717) is 11.4 Å². The lowest BCUT2D eigenvalue weighted by molar-refractivity contribution is -0.120. The third-order valence-corrected chi connectivity index (χ3v) is 4.63. The van der Waals surface area contributed by atoms with E-state index in [1.54, 1.807) is 6.20 Å². The molecule has 0 aliphatic rings. The molecule has 28 heavy (non-hydrogen) atoms. The monoisotopic (exact) mass is 375 g/mol. The van der Waals surface area contributed by atoms with E-state index >= 15 is 0 Å². The first-order valence-corrected chi connectivity index (χ1v) is 9.28. The summed E-state index contributed by atoms with van der Waals surface area (Å²) in [5, 5.41) is 3.83. The first-order chi connectivity index (χ1) is 13.3. The van der Waals surface area contributed by atoms with Gasteiger partial charge >= 0.3 is 0 Å². The number of hydrogen-bond donors (Lipinski definition) is 1. The molecular weight excluding hydrogens is 350 g/mol. The Kier molecular flexibility index (Phi) is 5.45. The van der Waals surface area contributed by atoms with Crippen molar-refractivity contribution in [3.05, 3.63) is 66.4 Å². The smallest absolute Gasteiger partial charge is 0.244 e. The molecule has 2 aromatic carbocycles. The van der Waals surface area contributed by atoms with Gasteiger partial charge < -0.3 is 10.2 Å². The van der Waals surface area contributed by atoms with Gasteiger partial charge in [-0.2, -0.15) is 0 Å². The van der Waals surface area contributed by atoms with Crippen molar-refractivity contribution >= 4 is 34.1 Å². The lowest BCUT2D eigenvalue weighted by Gasteiger charge is -2.23. The highest BCUT2D eigenvalue weighted by atomic mass is 16.2. The number of rotatable bonds is 4. The molecule has 0 saturated heterocycles. The number of para-hydroxylation sites is 1. The number of pyridine rings is 1. The van der Waals surface area contributed by atoms with Crippen molar-refractivity contribution in [2.24, 2.45) is 0 Å². The number of carbonyl (C=O) groups excluding carboxylic acids is 2. The topological polar surface area (TPSA) is 62.3 Å². The molecule has 0 aliphatic heterocycles. The summed E-state index contributed by atoms with van der Waals surface area (Å²) in [6.07, 6.45) is 1.69. The fourth-order valence-corrected chi connectivity index (χ4v) is 3.06. The van der Waals surface area contributed by atoms with Crippen LogP contribution in [-0.4, -0.2) is 23.3 Å². The van der Waals surface area contributed by atoms with Crippen LogP contribution in [0.25, 0.3) is 10.9 Å². The standard InChI is InChI=1S/C23H25N3O2/c1-16(27)26(19-12-10-18(11-13-19)23(2,3)4)15-21(28)25-20-9-5-7-17-8-6-14-24-22(17)20/h5-14H,15H2,1-4H3,(H,25,28). The van der Waals surface area contributed by atoms with Crippen LogP contribution >= 0.6 is 0 Å². The number of carbonyl (C=O) groups is 2.